The lowest BCUT2D eigenvalue weighted by Crippen LogP contribution is -2.45. The molecule has 1 rings (SSSR count). The second-order valence-electron chi connectivity index (χ2n) is 3.02. The van der Waals surface area contributed by atoms with Crippen molar-refractivity contribution in [3.63, 3.8) is 0 Å². The summed E-state index contributed by atoms with van der Waals surface area (Å²) < 4.78 is 22.8. The number of ketones is 1. The molecule has 0 aromatic carbocycles. The van der Waals surface area contributed by atoms with Crippen LogP contribution in [0.15, 0.2) is 0 Å². The Kier molecular flexibility index (Phi) is 2.50. The fourth-order valence-corrected chi connectivity index (χ4v) is 1.99. The van der Waals surface area contributed by atoms with E-state index in [2.05, 4.69) is 0 Å². The van der Waals surface area contributed by atoms with Crippen molar-refractivity contribution in [1.82, 2.24) is 4.31 Å². The molecule has 1 unspecified atom stereocenters. The Morgan fingerprint density at radius 2 is 2.17 bits per heavy atom. The number of Topliss-reactive ketones (excluding diaryl/α,β-unsaturated/α-hetero) is 1. The minimum Gasteiger partial charge on any atom is -0.299 e. The molecule has 0 spiro atoms. The average molecular weight is 192 g/mol. The molecule has 1 heterocycles. The van der Waals surface area contributed by atoms with E-state index < -0.39 is 10.2 Å². The van der Waals surface area contributed by atoms with E-state index in [9.17, 15) is 13.2 Å². The number of nitrogens with zero attached hydrogens (tertiary/aromatic N) is 1. The van der Waals surface area contributed by atoms with Crippen molar-refractivity contribution < 1.29 is 13.2 Å². The zero-order chi connectivity index (χ0) is 9.35. The summed E-state index contributed by atoms with van der Waals surface area (Å²) in [6, 6.07) is 0. The monoisotopic (exact) mass is 192 g/mol. The summed E-state index contributed by atoms with van der Waals surface area (Å²) in [5.41, 5.74) is 0. The Labute approximate surface area is 71.7 Å². The second-order valence-corrected chi connectivity index (χ2v) is 4.57. The highest BCUT2D eigenvalue weighted by molar-refractivity contribution is 7.86. The van der Waals surface area contributed by atoms with Crippen LogP contribution in [0.1, 0.15) is 13.3 Å². The van der Waals surface area contributed by atoms with E-state index in [-0.39, 0.29) is 31.2 Å². The summed E-state index contributed by atoms with van der Waals surface area (Å²) >= 11 is 0. The summed E-state index contributed by atoms with van der Waals surface area (Å²) in [5, 5.41) is 4.90. The summed E-state index contributed by atoms with van der Waals surface area (Å²) in [5.74, 6) is -0.119. The minimum absolute atomic E-state index is 0.106. The molecule has 5 nitrogen and oxygen atoms in total. The predicted molar refractivity (Wildman–Crippen MR) is 43.5 cm³/mol. The zero-order valence-corrected chi connectivity index (χ0v) is 7.67. The molecule has 1 aliphatic heterocycles. The van der Waals surface area contributed by atoms with E-state index >= 15 is 0 Å². The molecule has 1 aliphatic rings. The number of carbonyl (C=O) groups is 1. The van der Waals surface area contributed by atoms with Gasteiger partial charge in [-0.2, -0.15) is 12.7 Å². The third kappa shape index (κ3) is 2.02. The average Bonchev–Trinajstić information content (AvgIpc) is 1.92. The van der Waals surface area contributed by atoms with E-state index in [0.717, 1.165) is 4.31 Å². The van der Waals surface area contributed by atoms with Crippen LogP contribution in [0.5, 0.6) is 0 Å². The van der Waals surface area contributed by atoms with Crippen molar-refractivity contribution in [3.8, 4) is 0 Å². The van der Waals surface area contributed by atoms with Gasteiger partial charge in [0, 0.05) is 25.4 Å². The Hall–Kier alpha value is -0.460. The highest BCUT2D eigenvalue weighted by Crippen LogP contribution is 2.13. The highest BCUT2D eigenvalue weighted by Gasteiger charge is 2.28. The fourth-order valence-electron chi connectivity index (χ4n) is 1.21. The lowest BCUT2D eigenvalue weighted by Gasteiger charge is -2.27. The summed E-state index contributed by atoms with van der Waals surface area (Å²) in [4.78, 5) is 11.0. The van der Waals surface area contributed by atoms with Crippen LogP contribution in [0.25, 0.3) is 0 Å². The normalized spacial score (nSPS) is 27.5. The molecule has 0 aliphatic carbocycles. The molecule has 0 saturated carbocycles. The molecule has 70 valence electrons. The van der Waals surface area contributed by atoms with Gasteiger partial charge in [0.15, 0.2) is 0 Å². The lowest BCUT2D eigenvalue weighted by atomic mass is 10.0. The molecule has 0 radical (unpaired) electrons. The molecule has 0 bridgehead atoms. The zero-order valence-electron chi connectivity index (χ0n) is 6.86. The number of nitrogens with two attached hydrogens (primary N) is 1. The third-order valence-electron chi connectivity index (χ3n) is 1.99. The molecule has 1 fully saturated rings. The summed E-state index contributed by atoms with van der Waals surface area (Å²) in [6.07, 6.45) is 0.275. The molecule has 1 atom stereocenters. The van der Waals surface area contributed by atoms with Gasteiger partial charge < -0.3 is 0 Å². The number of hydrogen-bond acceptors (Lipinski definition) is 3. The van der Waals surface area contributed by atoms with Gasteiger partial charge in [-0.3, -0.25) is 4.79 Å². The van der Waals surface area contributed by atoms with E-state index in [1.165, 1.54) is 0 Å². The van der Waals surface area contributed by atoms with Crippen LogP contribution < -0.4 is 5.14 Å². The lowest BCUT2D eigenvalue weighted by molar-refractivity contribution is -0.124. The van der Waals surface area contributed by atoms with Crippen LogP contribution in [0.2, 0.25) is 0 Å². The third-order valence-corrected chi connectivity index (χ3v) is 3.05. The maximum atomic E-state index is 11.0. The van der Waals surface area contributed by atoms with Crippen molar-refractivity contribution >= 4 is 16.0 Å². The Bertz CT molecular complexity index is 285. The van der Waals surface area contributed by atoms with Gasteiger partial charge in [-0.15, -0.1) is 0 Å². The molecule has 2 N–H and O–H groups in total. The van der Waals surface area contributed by atoms with Crippen molar-refractivity contribution in [3.05, 3.63) is 0 Å². The molecule has 0 aromatic heterocycles. The quantitative estimate of drug-likeness (QED) is 0.584. The van der Waals surface area contributed by atoms with Gasteiger partial charge in [0.2, 0.25) is 0 Å². The molecule has 1 saturated heterocycles. The maximum Gasteiger partial charge on any atom is 0.276 e. The molecule has 6 heteroatoms. The highest BCUT2D eigenvalue weighted by atomic mass is 32.2. The van der Waals surface area contributed by atoms with Gasteiger partial charge >= 0.3 is 0 Å². The Morgan fingerprint density at radius 3 is 2.58 bits per heavy atom. The van der Waals surface area contributed by atoms with Gasteiger partial charge in [-0.05, 0) is 0 Å². The Balaban J connectivity index is 2.70. The smallest absolute Gasteiger partial charge is 0.276 e. The molecule has 0 aromatic rings. The van der Waals surface area contributed by atoms with E-state index in [1.54, 1.807) is 6.92 Å². The summed E-state index contributed by atoms with van der Waals surface area (Å²) in [7, 11) is -3.60. The molecular weight excluding hydrogens is 180 g/mol. The molecule has 12 heavy (non-hydrogen) atoms. The number of piperidine rings is 1. The minimum atomic E-state index is -3.60. The van der Waals surface area contributed by atoms with E-state index in [1.807, 2.05) is 0 Å². The first-order valence-corrected chi connectivity index (χ1v) is 5.22. The second kappa shape index (κ2) is 3.12. The van der Waals surface area contributed by atoms with Crippen LogP contribution in [0.4, 0.5) is 0 Å². The first kappa shape index (κ1) is 9.63. The van der Waals surface area contributed by atoms with Crippen molar-refractivity contribution in [2.24, 2.45) is 11.1 Å². The first-order chi connectivity index (χ1) is 5.41. The molecule has 0 amide bonds. The fraction of sp³-hybridized carbons (Fsp3) is 0.833. The molecular formula is C6H12N2O3S. The number of hydrogen-bond donors (Lipinski definition) is 1. The standard InChI is InChI=1S/C6H12N2O3S/c1-5-4-8(12(7,10)11)3-2-6(5)9/h5H,2-4H2,1H3,(H2,7,10,11). The van der Waals surface area contributed by atoms with Crippen LogP contribution in [0.3, 0.4) is 0 Å². The first-order valence-electron chi connectivity index (χ1n) is 3.72. The van der Waals surface area contributed by atoms with Crippen LogP contribution >= 0.6 is 0 Å². The van der Waals surface area contributed by atoms with Crippen molar-refractivity contribution in [2.75, 3.05) is 13.1 Å². The van der Waals surface area contributed by atoms with E-state index in [0.29, 0.717) is 0 Å². The van der Waals surface area contributed by atoms with Crippen LogP contribution in [-0.4, -0.2) is 31.6 Å². The largest absolute Gasteiger partial charge is 0.299 e. The van der Waals surface area contributed by atoms with Gasteiger partial charge in [-0.25, -0.2) is 5.14 Å². The number of rotatable bonds is 1. The maximum absolute atomic E-state index is 11.0. The van der Waals surface area contributed by atoms with Gasteiger partial charge in [0.05, 0.1) is 0 Å². The van der Waals surface area contributed by atoms with Crippen LogP contribution in [-0.2, 0) is 15.0 Å². The van der Waals surface area contributed by atoms with Gasteiger partial charge in [-0.1, -0.05) is 6.92 Å². The van der Waals surface area contributed by atoms with Crippen molar-refractivity contribution in [2.45, 2.75) is 13.3 Å². The van der Waals surface area contributed by atoms with Crippen LogP contribution in [0, 0.1) is 5.92 Å². The Morgan fingerprint density at radius 1 is 1.58 bits per heavy atom. The van der Waals surface area contributed by atoms with E-state index in [4.69, 9.17) is 5.14 Å². The predicted octanol–water partition coefficient (Wildman–Crippen LogP) is -0.899. The van der Waals surface area contributed by atoms with Crippen molar-refractivity contribution in [1.29, 1.82) is 0 Å². The number of carbonyl (C=O) groups excluding carboxylic acids is 1. The SMILES string of the molecule is CC1CN(S(N)(=O)=O)CCC1=O. The topological polar surface area (TPSA) is 80.5 Å². The summed E-state index contributed by atoms with van der Waals surface area (Å²) in [6.45, 7) is 2.15. The van der Waals surface area contributed by atoms with Gasteiger partial charge in [0.25, 0.3) is 10.2 Å². The van der Waals surface area contributed by atoms with Gasteiger partial charge in [0.1, 0.15) is 5.78 Å².